The van der Waals surface area contributed by atoms with Gasteiger partial charge < -0.3 is 20.3 Å². The summed E-state index contributed by atoms with van der Waals surface area (Å²) in [5.41, 5.74) is -0.352. The van der Waals surface area contributed by atoms with Gasteiger partial charge >= 0.3 is 6.03 Å². The first kappa shape index (κ1) is 19.1. The van der Waals surface area contributed by atoms with Crippen molar-refractivity contribution < 1.29 is 29.3 Å². The molecule has 2 aliphatic carbocycles. The zero-order valence-corrected chi connectivity index (χ0v) is 17.0. The Morgan fingerprint density at radius 2 is 1.97 bits per heavy atom. The molecule has 7 rings (SSSR count). The Kier molecular flexibility index (Phi) is 3.95. The van der Waals surface area contributed by atoms with Crippen molar-refractivity contribution in [2.24, 2.45) is 5.92 Å². The second-order valence-electron chi connectivity index (χ2n) is 9.54. The van der Waals surface area contributed by atoms with Crippen LogP contribution in [0.15, 0.2) is 12.1 Å². The van der Waals surface area contributed by atoms with Crippen molar-refractivity contribution in [3.8, 4) is 11.5 Å². The predicted octanol–water partition coefficient (Wildman–Crippen LogP) is 0.637. The third kappa shape index (κ3) is 2.66. The maximum Gasteiger partial charge on any atom is 0.322 e. The van der Waals surface area contributed by atoms with Crippen LogP contribution >= 0.6 is 0 Å². The molecule has 4 N–H and O–H groups in total. The lowest BCUT2D eigenvalue weighted by atomic mass is 9.72. The molecular formula is C22H25N3O6. The lowest BCUT2D eigenvalue weighted by molar-refractivity contribution is -0.128. The van der Waals surface area contributed by atoms with E-state index in [0.29, 0.717) is 30.0 Å². The summed E-state index contributed by atoms with van der Waals surface area (Å²) in [6.45, 7) is 1.32. The van der Waals surface area contributed by atoms with Gasteiger partial charge in [0.1, 0.15) is 6.10 Å². The van der Waals surface area contributed by atoms with E-state index in [-0.39, 0.29) is 36.0 Å². The molecule has 3 fully saturated rings. The monoisotopic (exact) mass is 427 g/mol. The molecule has 164 valence electrons. The van der Waals surface area contributed by atoms with E-state index in [1.807, 2.05) is 0 Å². The minimum Gasteiger partial charge on any atom is -0.504 e. The summed E-state index contributed by atoms with van der Waals surface area (Å²) in [7, 11) is 0. The van der Waals surface area contributed by atoms with Crippen LogP contribution < -0.4 is 15.4 Å². The number of nitrogens with zero attached hydrogens (tertiary/aromatic N) is 1. The summed E-state index contributed by atoms with van der Waals surface area (Å²) >= 11 is 0. The number of phenolic OH excluding ortho intramolecular Hbond substituents is 1. The number of fused-ring (bicyclic) bond motifs is 4. The average molecular weight is 427 g/mol. The van der Waals surface area contributed by atoms with E-state index in [1.165, 1.54) is 6.07 Å². The summed E-state index contributed by atoms with van der Waals surface area (Å²) in [6, 6.07) is 1.69. The standard InChI is InChI=1S/C22H25N3O6/c26-13-5-7-22(20(29)23-21(30)24-22)19-12-6-8-25(9-10-1-2-10)16(13)17(28)11-3-4-14(27)18(31-19)15(11)12/h3-4,10,12-13,16,19,26-27H,1-2,5-9H2,(H2,23,24,29,30). The van der Waals surface area contributed by atoms with Gasteiger partial charge in [0.05, 0.1) is 12.1 Å². The minimum absolute atomic E-state index is 0.0920. The number of carbonyl (C=O) groups excluding carboxylic acids is 3. The maximum absolute atomic E-state index is 13.7. The van der Waals surface area contributed by atoms with Crippen molar-refractivity contribution in [1.82, 2.24) is 15.5 Å². The highest BCUT2D eigenvalue weighted by Crippen LogP contribution is 2.53. The summed E-state index contributed by atoms with van der Waals surface area (Å²) in [4.78, 5) is 40.9. The lowest BCUT2D eigenvalue weighted by Crippen LogP contribution is -2.62. The Balaban J connectivity index is 1.54. The molecule has 1 aromatic carbocycles. The van der Waals surface area contributed by atoms with E-state index < -0.39 is 35.7 Å². The third-order valence-corrected chi connectivity index (χ3v) is 7.65. The molecule has 0 radical (unpaired) electrons. The first-order valence-electron chi connectivity index (χ1n) is 11.0. The number of nitrogens with one attached hydrogen (secondary N) is 2. The van der Waals surface area contributed by atoms with Crippen molar-refractivity contribution >= 4 is 17.7 Å². The molecule has 9 nitrogen and oxygen atoms in total. The number of aliphatic hydroxyl groups excluding tert-OH is 1. The fraction of sp³-hybridized carbons (Fsp3) is 0.591. The summed E-state index contributed by atoms with van der Waals surface area (Å²) < 4.78 is 6.18. The smallest absolute Gasteiger partial charge is 0.322 e. The van der Waals surface area contributed by atoms with Crippen LogP contribution in [0.3, 0.4) is 0 Å². The number of hydrogen-bond acceptors (Lipinski definition) is 7. The molecule has 1 saturated carbocycles. The van der Waals surface area contributed by atoms with Crippen LogP contribution in [0.4, 0.5) is 4.79 Å². The Morgan fingerprint density at radius 1 is 1.16 bits per heavy atom. The predicted molar refractivity (Wildman–Crippen MR) is 107 cm³/mol. The van der Waals surface area contributed by atoms with Crippen LogP contribution in [0, 0.1) is 5.92 Å². The molecule has 1 aromatic rings. The third-order valence-electron chi connectivity index (χ3n) is 7.65. The van der Waals surface area contributed by atoms with Gasteiger partial charge in [-0.15, -0.1) is 0 Å². The number of carbonyl (C=O) groups is 3. The number of imide groups is 1. The van der Waals surface area contributed by atoms with E-state index in [4.69, 9.17) is 4.74 Å². The zero-order chi connectivity index (χ0) is 21.5. The van der Waals surface area contributed by atoms with Gasteiger partial charge in [0.15, 0.2) is 22.8 Å². The molecule has 5 atom stereocenters. The van der Waals surface area contributed by atoms with E-state index in [9.17, 15) is 24.6 Å². The van der Waals surface area contributed by atoms with Gasteiger partial charge in [0, 0.05) is 23.6 Å². The van der Waals surface area contributed by atoms with Gasteiger partial charge in [-0.3, -0.25) is 19.8 Å². The van der Waals surface area contributed by atoms with Crippen molar-refractivity contribution in [3.63, 3.8) is 0 Å². The number of aromatic hydroxyl groups is 1. The zero-order valence-electron chi connectivity index (χ0n) is 17.0. The second kappa shape index (κ2) is 6.43. The molecule has 9 heteroatoms. The molecule has 4 aliphatic heterocycles. The number of phenols is 1. The number of aliphatic hydroxyl groups is 1. The fourth-order valence-electron chi connectivity index (χ4n) is 5.98. The molecule has 31 heavy (non-hydrogen) atoms. The van der Waals surface area contributed by atoms with Crippen molar-refractivity contribution in [1.29, 1.82) is 0 Å². The summed E-state index contributed by atoms with van der Waals surface area (Å²) in [5, 5.41) is 26.8. The number of rotatable bonds is 2. The highest BCUT2D eigenvalue weighted by molar-refractivity contribution is 6.08. The summed E-state index contributed by atoms with van der Waals surface area (Å²) in [6.07, 6.45) is 1.37. The van der Waals surface area contributed by atoms with Crippen molar-refractivity contribution in [3.05, 3.63) is 23.3 Å². The van der Waals surface area contributed by atoms with Gasteiger partial charge in [-0.25, -0.2) is 4.79 Å². The number of amides is 3. The topological polar surface area (TPSA) is 128 Å². The number of ketones is 1. The molecule has 3 amide bonds. The number of ether oxygens (including phenoxy) is 1. The molecule has 1 spiro atoms. The first-order valence-corrected chi connectivity index (χ1v) is 11.0. The van der Waals surface area contributed by atoms with Gasteiger partial charge in [-0.05, 0) is 56.7 Å². The lowest BCUT2D eigenvalue weighted by Gasteiger charge is -2.42. The molecule has 0 aromatic heterocycles. The largest absolute Gasteiger partial charge is 0.504 e. The van der Waals surface area contributed by atoms with Gasteiger partial charge in [0.25, 0.3) is 5.91 Å². The van der Waals surface area contributed by atoms with Crippen LogP contribution in [0.25, 0.3) is 0 Å². The second-order valence-corrected chi connectivity index (χ2v) is 9.54. The Labute approximate surface area is 178 Å². The van der Waals surface area contributed by atoms with Gasteiger partial charge in [0.2, 0.25) is 0 Å². The SMILES string of the molecule is O=C1NC(=O)C2(CCC(O)C3C(=O)c4ccc(O)c5c4C(CCN3CC3CC3)C2O5)N1. The number of benzene rings is 1. The van der Waals surface area contributed by atoms with Crippen molar-refractivity contribution in [2.45, 2.75) is 61.8 Å². The number of Topliss-reactive ketones (excluding diaryl/α,β-unsaturated/α-hetero) is 1. The highest BCUT2D eigenvalue weighted by atomic mass is 16.5. The van der Waals surface area contributed by atoms with E-state index in [0.717, 1.165) is 19.4 Å². The van der Waals surface area contributed by atoms with Crippen LogP contribution in [0.1, 0.15) is 53.9 Å². The quantitative estimate of drug-likeness (QED) is 0.510. The normalized spacial score (nSPS) is 36.9. The first-order chi connectivity index (χ1) is 14.9. The Bertz CT molecular complexity index is 1010. The number of urea groups is 1. The fourth-order valence-corrected chi connectivity index (χ4v) is 5.98. The number of hydrogen-bond donors (Lipinski definition) is 4. The molecule has 5 unspecified atom stereocenters. The molecule has 6 aliphatic rings. The van der Waals surface area contributed by atoms with E-state index in [1.54, 1.807) is 6.07 Å². The minimum atomic E-state index is -1.37. The van der Waals surface area contributed by atoms with Gasteiger partial charge in [-0.2, -0.15) is 0 Å². The van der Waals surface area contributed by atoms with Crippen LogP contribution in [0.2, 0.25) is 0 Å². The van der Waals surface area contributed by atoms with Gasteiger partial charge in [-0.1, -0.05) is 0 Å². The average Bonchev–Trinajstić information content (AvgIpc) is 3.38. The highest BCUT2D eigenvalue weighted by Gasteiger charge is 2.60. The van der Waals surface area contributed by atoms with Crippen molar-refractivity contribution in [2.75, 3.05) is 13.1 Å². The van der Waals surface area contributed by atoms with Crippen LogP contribution in [0.5, 0.6) is 11.5 Å². The van der Waals surface area contributed by atoms with E-state index in [2.05, 4.69) is 15.5 Å². The molecule has 4 heterocycles. The summed E-state index contributed by atoms with van der Waals surface area (Å²) in [5.74, 6) is -0.350. The molecular weight excluding hydrogens is 402 g/mol. The van der Waals surface area contributed by atoms with E-state index >= 15 is 0 Å². The Morgan fingerprint density at radius 3 is 2.68 bits per heavy atom. The molecule has 2 saturated heterocycles. The van der Waals surface area contributed by atoms with Crippen LogP contribution in [-0.4, -0.2) is 69.7 Å². The Hall–Kier alpha value is -2.65. The van der Waals surface area contributed by atoms with Crippen LogP contribution in [-0.2, 0) is 4.79 Å². The molecule has 4 bridgehead atoms. The maximum atomic E-state index is 13.7.